The summed E-state index contributed by atoms with van der Waals surface area (Å²) in [5.74, 6) is 0. The van der Waals surface area contributed by atoms with Crippen molar-refractivity contribution in [2.24, 2.45) is 7.05 Å². The second-order valence-corrected chi connectivity index (χ2v) is 7.21. The zero-order chi connectivity index (χ0) is 19.0. The minimum Gasteiger partial charge on any atom is -1.00 e. The van der Waals surface area contributed by atoms with Gasteiger partial charge in [0.1, 0.15) is 7.05 Å². The molecule has 0 bridgehead atoms. The summed E-state index contributed by atoms with van der Waals surface area (Å²) in [4.78, 5) is 0. The van der Waals surface area contributed by atoms with Crippen molar-refractivity contribution in [3.8, 4) is 5.69 Å². The monoisotopic (exact) mass is 388 g/mol. The third-order valence-electron chi connectivity index (χ3n) is 5.29. The Bertz CT molecular complexity index is 1150. The molecular formula is C25H25ClN2. The van der Waals surface area contributed by atoms with Gasteiger partial charge in [0.25, 0.3) is 0 Å². The maximum atomic E-state index is 2.31. The Morgan fingerprint density at radius 3 is 2.29 bits per heavy atom. The van der Waals surface area contributed by atoms with Crippen LogP contribution >= 0.6 is 0 Å². The fraction of sp³-hybridized carbons (Fsp3) is 0.160. The van der Waals surface area contributed by atoms with Crippen LogP contribution < -0.4 is 17.0 Å². The maximum absolute atomic E-state index is 2.31. The minimum absolute atomic E-state index is 0. The van der Waals surface area contributed by atoms with E-state index in [2.05, 4.69) is 116 Å². The first kappa shape index (κ1) is 19.9. The van der Waals surface area contributed by atoms with Crippen molar-refractivity contribution < 1.29 is 17.0 Å². The highest BCUT2D eigenvalue weighted by Gasteiger charge is 2.11. The highest BCUT2D eigenvalue weighted by Crippen LogP contribution is 2.22. The molecule has 0 amide bonds. The van der Waals surface area contributed by atoms with Crippen LogP contribution in [0.25, 0.3) is 28.7 Å². The van der Waals surface area contributed by atoms with Crippen LogP contribution in [0.5, 0.6) is 0 Å². The van der Waals surface area contributed by atoms with E-state index in [4.69, 9.17) is 0 Å². The lowest BCUT2D eigenvalue weighted by Crippen LogP contribution is -3.00. The smallest absolute Gasteiger partial charge is 0.212 e. The van der Waals surface area contributed by atoms with E-state index in [0.29, 0.717) is 0 Å². The van der Waals surface area contributed by atoms with Crippen LogP contribution in [0.1, 0.15) is 28.2 Å². The Morgan fingerprint density at radius 1 is 0.821 bits per heavy atom. The number of fused-ring (bicyclic) bond motifs is 1. The maximum Gasteiger partial charge on any atom is 0.212 e. The van der Waals surface area contributed by atoms with Gasteiger partial charge in [-0.1, -0.05) is 24.3 Å². The summed E-state index contributed by atoms with van der Waals surface area (Å²) >= 11 is 0. The molecule has 0 spiro atoms. The van der Waals surface area contributed by atoms with Crippen molar-refractivity contribution in [1.82, 2.24) is 4.57 Å². The highest BCUT2D eigenvalue weighted by molar-refractivity contribution is 5.78. The van der Waals surface area contributed by atoms with Crippen molar-refractivity contribution in [2.75, 3.05) is 0 Å². The Balaban J connectivity index is 0.00000225. The van der Waals surface area contributed by atoms with E-state index >= 15 is 0 Å². The number of aryl methyl sites for hydroxylation is 3. The van der Waals surface area contributed by atoms with Crippen molar-refractivity contribution >= 4 is 23.1 Å². The molecule has 0 saturated heterocycles. The normalized spacial score (nSPS) is 11.1. The summed E-state index contributed by atoms with van der Waals surface area (Å²) in [6.45, 7) is 6.49. The average molecular weight is 389 g/mol. The summed E-state index contributed by atoms with van der Waals surface area (Å²) in [6.07, 6.45) is 4.43. The van der Waals surface area contributed by atoms with Gasteiger partial charge in [0.2, 0.25) is 11.2 Å². The van der Waals surface area contributed by atoms with Crippen molar-refractivity contribution in [3.63, 3.8) is 0 Å². The van der Waals surface area contributed by atoms with Crippen molar-refractivity contribution in [2.45, 2.75) is 20.8 Å². The minimum atomic E-state index is 0. The van der Waals surface area contributed by atoms with E-state index in [0.717, 1.165) is 0 Å². The molecule has 2 aromatic heterocycles. The molecule has 2 nitrogen and oxygen atoms in total. The van der Waals surface area contributed by atoms with Gasteiger partial charge < -0.3 is 17.0 Å². The fourth-order valence-electron chi connectivity index (χ4n) is 3.78. The molecule has 0 N–H and O–H groups in total. The molecule has 4 aromatic rings. The number of aromatic nitrogens is 2. The van der Waals surface area contributed by atoms with E-state index in [1.165, 1.54) is 44.8 Å². The third kappa shape index (κ3) is 3.61. The van der Waals surface area contributed by atoms with Gasteiger partial charge in [0, 0.05) is 40.7 Å². The van der Waals surface area contributed by atoms with E-state index in [1.807, 2.05) is 0 Å². The highest BCUT2D eigenvalue weighted by atomic mass is 35.5. The van der Waals surface area contributed by atoms with Crippen LogP contribution in [0.15, 0.2) is 66.7 Å². The van der Waals surface area contributed by atoms with Gasteiger partial charge in [-0.05, 0) is 68.3 Å². The van der Waals surface area contributed by atoms with Gasteiger partial charge in [0.05, 0.1) is 0 Å². The third-order valence-corrected chi connectivity index (χ3v) is 5.29. The topological polar surface area (TPSA) is 8.81 Å². The first-order chi connectivity index (χ1) is 13.0. The molecule has 28 heavy (non-hydrogen) atoms. The zero-order valence-corrected chi connectivity index (χ0v) is 17.5. The molecule has 2 heterocycles. The molecule has 0 saturated carbocycles. The number of hydrogen-bond acceptors (Lipinski definition) is 0. The van der Waals surface area contributed by atoms with Crippen molar-refractivity contribution in [3.05, 3.63) is 94.9 Å². The molecule has 0 aliphatic carbocycles. The second kappa shape index (κ2) is 8.04. The molecule has 0 radical (unpaired) electrons. The summed E-state index contributed by atoms with van der Waals surface area (Å²) in [7, 11) is 2.13. The Hall–Kier alpha value is -2.84. The average Bonchev–Trinajstić information content (AvgIpc) is 2.96. The summed E-state index contributed by atoms with van der Waals surface area (Å²) in [5, 5.41) is 1.27. The molecule has 142 valence electrons. The molecule has 0 fully saturated rings. The first-order valence-electron chi connectivity index (χ1n) is 9.36. The lowest BCUT2D eigenvalue weighted by molar-refractivity contribution is -0.646. The molecule has 0 atom stereocenters. The predicted molar refractivity (Wildman–Crippen MR) is 114 cm³/mol. The van der Waals surface area contributed by atoms with E-state index in [1.54, 1.807) is 0 Å². The predicted octanol–water partition coefficient (Wildman–Crippen LogP) is 2.55. The summed E-state index contributed by atoms with van der Waals surface area (Å²) in [5.41, 5.74) is 8.70. The quantitative estimate of drug-likeness (QED) is 0.477. The standard InChI is InChI=1S/C25H25N2.ClH/c1-18-10-11-21-12-14-23(26(4)25(21)16-18)15-13-22-17-19(2)27(20(22)3)24-8-6-5-7-9-24;/h5-17H,1-4H3;1H/q+1;/p-1. The number of pyridine rings is 1. The SMILES string of the molecule is Cc1ccc2ccc(/C=C/c3cc(C)n(-c4ccccc4)c3C)[n+](C)c2c1.[Cl-]. The Kier molecular flexibility index (Phi) is 5.71. The van der Waals surface area contributed by atoms with Gasteiger partial charge in [-0.15, -0.1) is 0 Å². The van der Waals surface area contributed by atoms with Gasteiger partial charge >= 0.3 is 0 Å². The molecule has 0 aliphatic rings. The number of rotatable bonds is 3. The molecule has 2 aromatic carbocycles. The van der Waals surface area contributed by atoms with Crippen molar-refractivity contribution in [1.29, 1.82) is 0 Å². The number of para-hydroxylation sites is 1. The van der Waals surface area contributed by atoms with E-state index in [9.17, 15) is 0 Å². The first-order valence-corrected chi connectivity index (χ1v) is 9.36. The van der Waals surface area contributed by atoms with Crippen LogP contribution in [0.3, 0.4) is 0 Å². The second-order valence-electron chi connectivity index (χ2n) is 7.21. The largest absolute Gasteiger partial charge is 1.00 e. The van der Waals surface area contributed by atoms with Crippen LogP contribution in [0.4, 0.5) is 0 Å². The van der Waals surface area contributed by atoms with E-state index < -0.39 is 0 Å². The van der Waals surface area contributed by atoms with Crippen LogP contribution in [-0.2, 0) is 7.05 Å². The number of nitrogens with zero attached hydrogens (tertiary/aromatic N) is 2. The number of hydrogen-bond donors (Lipinski definition) is 0. The van der Waals surface area contributed by atoms with E-state index in [-0.39, 0.29) is 12.4 Å². The molecule has 3 heteroatoms. The molecule has 0 unspecified atom stereocenters. The Morgan fingerprint density at radius 2 is 1.54 bits per heavy atom. The van der Waals surface area contributed by atoms with Crippen LogP contribution in [-0.4, -0.2) is 4.57 Å². The summed E-state index contributed by atoms with van der Waals surface area (Å²) < 4.78 is 4.57. The fourth-order valence-corrected chi connectivity index (χ4v) is 3.78. The Labute approximate surface area is 173 Å². The number of benzene rings is 2. The lowest BCUT2D eigenvalue weighted by Gasteiger charge is -2.09. The van der Waals surface area contributed by atoms with Crippen LogP contribution in [0, 0.1) is 20.8 Å². The van der Waals surface area contributed by atoms with Gasteiger partial charge in [-0.2, -0.15) is 4.57 Å². The number of halogens is 1. The molecule has 4 rings (SSSR count). The lowest BCUT2D eigenvalue weighted by atomic mass is 10.1. The van der Waals surface area contributed by atoms with Gasteiger partial charge in [-0.25, -0.2) is 0 Å². The van der Waals surface area contributed by atoms with Gasteiger partial charge in [0.15, 0.2) is 0 Å². The summed E-state index contributed by atoms with van der Waals surface area (Å²) in [6, 6.07) is 23.8. The van der Waals surface area contributed by atoms with Crippen LogP contribution in [0.2, 0.25) is 0 Å². The zero-order valence-electron chi connectivity index (χ0n) is 16.8. The molecular weight excluding hydrogens is 364 g/mol. The van der Waals surface area contributed by atoms with Gasteiger partial charge in [-0.3, -0.25) is 0 Å². The molecule has 0 aliphatic heterocycles.